The summed E-state index contributed by atoms with van der Waals surface area (Å²) in [6, 6.07) is 17.1. The van der Waals surface area contributed by atoms with Crippen molar-refractivity contribution in [2.45, 2.75) is 51.7 Å². The number of fused-ring (bicyclic) bond motifs is 3. The number of unbranched alkanes of at least 4 members (excludes halogenated alkanes) is 1. The summed E-state index contributed by atoms with van der Waals surface area (Å²) in [6.07, 6.45) is 4.03. The topological polar surface area (TPSA) is 75.7 Å². The molecule has 2 heterocycles. The molecule has 2 saturated heterocycles. The van der Waals surface area contributed by atoms with Crippen LogP contribution in [-0.2, 0) is 21.4 Å². The van der Waals surface area contributed by atoms with Gasteiger partial charge in [0.15, 0.2) is 0 Å². The zero-order chi connectivity index (χ0) is 22.6. The fourth-order valence-corrected chi connectivity index (χ4v) is 6.79. The number of hydrogen-bond donors (Lipinski definition) is 1. The molecule has 0 spiro atoms. The third-order valence-corrected chi connectivity index (χ3v) is 8.49. The maximum absolute atomic E-state index is 13.1. The summed E-state index contributed by atoms with van der Waals surface area (Å²) < 4.78 is 33.1. The molecule has 32 heavy (non-hydrogen) atoms. The summed E-state index contributed by atoms with van der Waals surface area (Å²) in [6.45, 7) is 3.04. The van der Waals surface area contributed by atoms with E-state index in [9.17, 15) is 13.2 Å². The van der Waals surface area contributed by atoms with Gasteiger partial charge in [0.05, 0.1) is 11.7 Å². The quantitative estimate of drug-likeness (QED) is 0.605. The number of amides is 1. The summed E-state index contributed by atoms with van der Waals surface area (Å²) in [5.41, 5.74) is 1.79. The number of carbonyl (C=O) groups is 1. The van der Waals surface area contributed by atoms with E-state index in [4.69, 9.17) is 4.74 Å². The van der Waals surface area contributed by atoms with Crippen molar-refractivity contribution in [1.82, 2.24) is 4.31 Å². The lowest BCUT2D eigenvalue weighted by Gasteiger charge is -2.48. The van der Waals surface area contributed by atoms with Crippen molar-refractivity contribution in [3.8, 4) is 5.75 Å². The highest BCUT2D eigenvalue weighted by atomic mass is 32.2. The number of sulfonamides is 1. The number of hydrogen-bond acceptors (Lipinski definition) is 4. The predicted octanol–water partition coefficient (Wildman–Crippen LogP) is 4.43. The summed E-state index contributed by atoms with van der Waals surface area (Å²) in [4.78, 5) is 13.1. The first-order valence-electron chi connectivity index (χ1n) is 11.5. The second kappa shape index (κ2) is 10.0. The molecule has 2 bridgehead atoms. The third kappa shape index (κ3) is 5.33. The number of ether oxygens (including phenoxy) is 1. The Bertz CT molecular complexity index is 1010. The Balaban J connectivity index is 1.37. The summed E-state index contributed by atoms with van der Waals surface area (Å²) in [5, 5.41) is 3.00. The third-order valence-electron chi connectivity index (χ3n) is 6.55. The molecule has 1 amide bonds. The highest BCUT2D eigenvalue weighted by Gasteiger charge is 2.47. The van der Waals surface area contributed by atoms with Crippen LogP contribution in [0.1, 0.15) is 44.6 Å². The van der Waals surface area contributed by atoms with E-state index in [0.717, 1.165) is 37.0 Å². The molecule has 0 radical (unpaired) electrons. The predicted molar refractivity (Wildman–Crippen MR) is 126 cm³/mol. The van der Waals surface area contributed by atoms with Crippen LogP contribution in [0.25, 0.3) is 0 Å². The van der Waals surface area contributed by atoms with Gasteiger partial charge in [0, 0.05) is 18.3 Å². The van der Waals surface area contributed by atoms with Gasteiger partial charge in [0.2, 0.25) is 15.9 Å². The lowest BCUT2D eigenvalue weighted by atomic mass is 9.73. The summed E-state index contributed by atoms with van der Waals surface area (Å²) >= 11 is 0. The molecule has 3 atom stereocenters. The van der Waals surface area contributed by atoms with Gasteiger partial charge < -0.3 is 10.1 Å². The summed E-state index contributed by atoms with van der Waals surface area (Å²) in [7, 11) is -3.31. The standard InChI is InChI=1S/C25H32N2O4S/c1-2-3-15-32(29,30)27-17-20-9-14-24(27)23(16-20)25(28)26-21-10-12-22(13-11-21)31-18-19-7-5-4-6-8-19/h4-8,10-13,20,23-24H,2-3,9,14-18H2,1H3,(H,26,28)/t20-,23+,24-/m0/s1. The maximum atomic E-state index is 13.1. The fraction of sp³-hybridized carbons (Fsp3) is 0.480. The second-order valence-electron chi connectivity index (χ2n) is 8.88. The molecule has 0 aromatic heterocycles. The largest absolute Gasteiger partial charge is 0.489 e. The first kappa shape index (κ1) is 22.8. The monoisotopic (exact) mass is 456 g/mol. The van der Waals surface area contributed by atoms with E-state index in [2.05, 4.69) is 5.32 Å². The molecule has 2 aromatic rings. The van der Waals surface area contributed by atoms with Crippen LogP contribution in [0.3, 0.4) is 0 Å². The maximum Gasteiger partial charge on any atom is 0.229 e. The molecule has 1 N–H and O–H groups in total. The molecule has 3 aliphatic rings. The molecule has 5 rings (SSSR count). The van der Waals surface area contributed by atoms with E-state index in [1.807, 2.05) is 61.5 Å². The van der Waals surface area contributed by atoms with E-state index in [0.29, 0.717) is 25.3 Å². The van der Waals surface area contributed by atoms with Crippen LogP contribution in [-0.4, -0.2) is 37.0 Å². The van der Waals surface area contributed by atoms with Gasteiger partial charge in [-0.3, -0.25) is 4.79 Å². The average Bonchev–Trinajstić information content (AvgIpc) is 2.83. The van der Waals surface area contributed by atoms with Crippen molar-refractivity contribution in [1.29, 1.82) is 0 Å². The SMILES string of the molecule is CCCCS(=O)(=O)N1C[C@H]2CC[C@H]1[C@H](C(=O)Nc1ccc(OCc3ccccc3)cc1)C2. The Hall–Kier alpha value is -2.38. The van der Waals surface area contributed by atoms with Gasteiger partial charge in [-0.25, -0.2) is 8.42 Å². The van der Waals surface area contributed by atoms with Gasteiger partial charge in [-0.2, -0.15) is 4.31 Å². The minimum Gasteiger partial charge on any atom is -0.489 e. The summed E-state index contributed by atoms with van der Waals surface area (Å²) in [5.74, 6) is 0.782. The number of benzene rings is 2. The lowest BCUT2D eigenvalue weighted by molar-refractivity contribution is -0.125. The highest BCUT2D eigenvalue weighted by molar-refractivity contribution is 7.89. The number of rotatable bonds is 9. The molecule has 1 saturated carbocycles. The van der Waals surface area contributed by atoms with Crippen molar-refractivity contribution in [2.24, 2.45) is 11.8 Å². The van der Waals surface area contributed by atoms with Crippen LogP contribution in [0.2, 0.25) is 0 Å². The van der Waals surface area contributed by atoms with Crippen LogP contribution < -0.4 is 10.1 Å². The minimum absolute atomic E-state index is 0.0898. The fourth-order valence-electron chi connectivity index (χ4n) is 4.80. The highest BCUT2D eigenvalue weighted by Crippen LogP contribution is 2.41. The first-order valence-corrected chi connectivity index (χ1v) is 13.1. The van der Waals surface area contributed by atoms with E-state index in [-0.39, 0.29) is 29.5 Å². The normalized spacial score (nSPS) is 23.1. The Kier molecular flexibility index (Phi) is 7.16. The van der Waals surface area contributed by atoms with Crippen LogP contribution in [0.15, 0.2) is 54.6 Å². The molecule has 1 aliphatic carbocycles. The van der Waals surface area contributed by atoms with Gasteiger partial charge in [-0.1, -0.05) is 43.7 Å². The number of piperidine rings is 2. The van der Waals surface area contributed by atoms with Crippen LogP contribution in [0, 0.1) is 11.8 Å². The first-order chi connectivity index (χ1) is 15.5. The van der Waals surface area contributed by atoms with Crippen molar-refractivity contribution in [3.05, 3.63) is 60.2 Å². The van der Waals surface area contributed by atoms with Crippen molar-refractivity contribution >= 4 is 21.6 Å². The minimum atomic E-state index is -3.31. The number of anilines is 1. The van der Waals surface area contributed by atoms with Gasteiger partial charge >= 0.3 is 0 Å². The molecule has 7 heteroatoms. The molecule has 3 fully saturated rings. The van der Waals surface area contributed by atoms with Crippen LogP contribution in [0.4, 0.5) is 5.69 Å². The van der Waals surface area contributed by atoms with Crippen LogP contribution in [0.5, 0.6) is 5.75 Å². The molecule has 172 valence electrons. The Labute approximate surface area is 191 Å². The lowest BCUT2D eigenvalue weighted by Crippen LogP contribution is -2.58. The molecule has 2 aromatic carbocycles. The van der Waals surface area contributed by atoms with E-state index in [1.165, 1.54) is 0 Å². The van der Waals surface area contributed by atoms with Gasteiger partial charge in [0.25, 0.3) is 0 Å². The van der Waals surface area contributed by atoms with Gasteiger partial charge in [-0.15, -0.1) is 0 Å². The zero-order valence-electron chi connectivity index (χ0n) is 18.6. The van der Waals surface area contributed by atoms with Gasteiger partial charge in [-0.05, 0) is 61.4 Å². The molecule has 6 nitrogen and oxygen atoms in total. The number of nitrogens with zero attached hydrogens (tertiary/aromatic N) is 1. The molecular weight excluding hydrogens is 424 g/mol. The number of carbonyl (C=O) groups excluding carboxylic acids is 1. The van der Waals surface area contributed by atoms with Crippen molar-refractivity contribution in [3.63, 3.8) is 0 Å². The van der Waals surface area contributed by atoms with Crippen molar-refractivity contribution < 1.29 is 17.9 Å². The Morgan fingerprint density at radius 2 is 1.84 bits per heavy atom. The van der Waals surface area contributed by atoms with E-state index in [1.54, 1.807) is 4.31 Å². The average molecular weight is 457 g/mol. The van der Waals surface area contributed by atoms with E-state index < -0.39 is 10.0 Å². The molecular formula is C25H32N2O4S. The molecule has 2 aliphatic heterocycles. The zero-order valence-corrected chi connectivity index (χ0v) is 19.4. The Morgan fingerprint density at radius 1 is 1.09 bits per heavy atom. The van der Waals surface area contributed by atoms with Gasteiger partial charge in [0.1, 0.15) is 12.4 Å². The van der Waals surface area contributed by atoms with E-state index >= 15 is 0 Å². The second-order valence-corrected chi connectivity index (χ2v) is 10.9. The molecule has 0 unspecified atom stereocenters. The number of nitrogens with one attached hydrogen (secondary N) is 1. The van der Waals surface area contributed by atoms with Crippen molar-refractivity contribution in [2.75, 3.05) is 17.6 Å². The Morgan fingerprint density at radius 3 is 2.53 bits per heavy atom. The smallest absolute Gasteiger partial charge is 0.229 e. The van der Waals surface area contributed by atoms with Crippen LogP contribution >= 0.6 is 0 Å².